The largest absolute Gasteiger partial charge is 0.370 e. The van der Waals surface area contributed by atoms with Crippen LogP contribution in [0, 0.1) is 11.3 Å². The number of carbonyl (C=O) groups excluding carboxylic acids is 2. The number of hydrogen-bond donors (Lipinski definition) is 3. The van der Waals surface area contributed by atoms with Crippen LogP contribution in [0.2, 0.25) is 0 Å². The van der Waals surface area contributed by atoms with Crippen molar-refractivity contribution in [2.24, 2.45) is 5.73 Å². The molecule has 0 aliphatic heterocycles. The van der Waals surface area contributed by atoms with Crippen LogP contribution in [0.3, 0.4) is 0 Å². The molecule has 7 heteroatoms. The molecule has 0 atom stereocenters. The minimum Gasteiger partial charge on any atom is -0.370 e. The minimum atomic E-state index is -0.488. The van der Waals surface area contributed by atoms with E-state index in [-0.39, 0.29) is 18.9 Å². The van der Waals surface area contributed by atoms with Crippen molar-refractivity contribution in [1.29, 1.82) is 5.26 Å². The molecule has 2 amide bonds. The van der Waals surface area contributed by atoms with E-state index in [0.29, 0.717) is 22.4 Å². The summed E-state index contributed by atoms with van der Waals surface area (Å²) in [7, 11) is 0. The molecular formula is C14H13N5O2. The Morgan fingerprint density at radius 3 is 2.86 bits per heavy atom. The summed E-state index contributed by atoms with van der Waals surface area (Å²) in [5.41, 5.74) is 6.81. The molecule has 0 aliphatic carbocycles. The van der Waals surface area contributed by atoms with Gasteiger partial charge >= 0.3 is 0 Å². The SMILES string of the molecule is N#Cc1ccccc1-c1[nH]ncc1C(=O)NCCC(N)=O. The molecule has 0 fully saturated rings. The third-order valence-corrected chi connectivity index (χ3v) is 2.86. The average molecular weight is 283 g/mol. The van der Waals surface area contributed by atoms with Crippen LogP contribution >= 0.6 is 0 Å². The second-order valence-corrected chi connectivity index (χ2v) is 4.29. The number of nitrogens with zero attached hydrogens (tertiary/aromatic N) is 2. The molecule has 1 aromatic heterocycles. The standard InChI is InChI=1S/C14H13N5O2/c15-7-9-3-1-2-4-10(9)13-11(8-18-19-13)14(21)17-6-5-12(16)20/h1-4,8H,5-6H2,(H2,16,20)(H,17,21)(H,18,19). The van der Waals surface area contributed by atoms with Gasteiger partial charge in [-0.1, -0.05) is 18.2 Å². The Morgan fingerprint density at radius 2 is 2.14 bits per heavy atom. The van der Waals surface area contributed by atoms with Crippen LogP contribution in [0.1, 0.15) is 22.3 Å². The number of nitriles is 1. The molecule has 2 aromatic rings. The van der Waals surface area contributed by atoms with E-state index in [9.17, 15) is 9.59 Å². The Bertz CT molecular complexity index is 714. The van der Waals surface area contributed by atoms with Crippen LogP contribution in [-0.2, 0) is 4.79 Å². The molecule has 106 valence electrons. The third-order valence-electron chi connectivity index (χ3n) is 2.86. The quantitative estimate of drug-likeness (QED) is 0.741. The predicted molar refractivity (Wildman–Crippen MR) is 74.9 cm³/mol. The van der Waals surface area contributed by atoms with E-state index in [1.165, 1.54) is 6.20 Å². The van der Waals surface area contributed by atoms with Crippen molar-refractivity contribution in [3.8, 4) is 17.3 Å². The number of H-pyrrole nitrogens is 1. The van der Waals surface area contributed by atoms with Crippen molar-refractivity contribution in [3.63, 3.8) is 0 Å². The Morgan fingerprint density at radius 1 is 1.38 bits per heavy atom. The highest BCUT2D eigenvalue weighted by molar-refractivity contribution is 6.00. The second kappa shape index (κ2) is 6.34. The fourth-order valence-corrected chi connectivity index (χ4v) is 1.86. The molecule has 0 bridgehead atoms. The number of carbonyl (C=O) groups is 2. The molecule has 1 heterocycles. The molecule has 7 nitrogen and oxygen atoms in total. The first-order valence-electron chi connectivity index (χ1n) is 6.23. The molecule has 2 rings (SSSR count). The van der Waals surface area contributed by atoms with E-state index in [1.54, 1.807) is 24.3 Å². The lowest BCUT2D eigenvalue weighted by Gasteiger charge is -2.06. The predicted octanol–water partition coefficient (Wildman–Crippen LogP) is 0.554. The van der Waals surface area contributed by atoms with Gasteiger partial charge in [0.15, 0.2) is 0 Å². The smallest absolute Gasteiger partial charge is 0.255 e. The number of nitrogens with two attached hydrogens (primary N) is 1. The summed E-state index contributed by atoms with van der Waals surface area (Å²) in [6, 6.07) is 8.96. The van der Waals surface area contributed by atoms with Gasteiger partial charge in [0.2, 0.25) is 5.91 Å². The first kappa shape index (κ1) is 14.3. The molecule has 0 saturated heterocycles. The zero-order valence-electron chi connectivity index (χ0n) is 11.1. The molecule has 21 heavy (non-hydrogen) atoms. The lowest BCUT2D eigenvalue weighted by molar-refractivity contribution is -0.117. The fourth-order valence-electron chi connectivity index (χ4n) is 1.86. The average Bonchev–Trinajstić information content (AvgIpc) is 2.96. The number of rotatable bonds is 5. The number of benzene rings is 1. The van der Waals surface area contributed by atoms with Crippen LogP contribution in [-0.4, -0.2) is 28.6 Å². The maximum atomic E-state index is 12.1. The third kappa shape index (κ3) is 3.25. The van der Waals surface area contributed by atoms with Gasteiger partial charge in [-0.25, -0.2) is 0 Å². The molecule has 0 saturated carbocycles. The van der Waals surface area contributed by atoms with Crippen molar-refractivity contribution < 1.29 is 9.59 Å². The number of primary amides is 1. The lowest BCUT2D eigenvalue weighted by Crippen LogP contribution is -2.28. The van der Waals surface area contributed by atoms with Gasteiger partial charge in [-0.2, -0.15) is 10.4 Å². The number of amides is 2. The Kier molecular flexibility index (Phi) is 4.31. The van der Waals surface area contributed by atoms with Gasteiger partial charge in [-0.15, -0.1) is 0 Å². The van der Waals surface area contributed by atoms with Crippen molar-refractivity contribution >= 4 is 11.8 Å². The van der Waals surface area contributed by atoms with Crippen molar-refractivity contribution in [1.82, 2.24) is 15.5 Å². The van der Waals surface area contributed by atoms with Gasteiger partial charge in [-0.05, 0) is 6.07 Å². The topological polar surface area (TPSA) is 125 Å². The number of aromatic nitrogens is 2. The maximum absolute atomic E-state index is 12.1. The molecule has 0 radical (unpaired) electrons. The van der Waals surface area contributed by atoms with E-state index in [4.69, 9.17) is 11.0 Å². The van der Waals surface area contributed by atoms with Gasteiger partial charge in [0.05, 0.1) is 29.1 Å². The fraction of sp³-hybridized carbons (Fsp3) is 0.143. The Labute approximate surface area is 120 Å². The van der Waals surface area contributed by atoms with Gasteiger partial charge < -0.3 is 11.1 Å². The van der Waals surface area contributed by atoms with Crippen LogP contribution in [0.4, 0.5) is 0 Å². The minimum absolute atomic E-state index is 0.0632. The van der Waals surface area contributed by atoms with E-state index >= 15 is 0 Å². The zero-order valence-corrected chi connectivity index (χ0v) is 11.1. The van der Waals surface area contributed by atoms with Crippen LogP contribution in [0.5, 0.6) is 0 Å². The van der Waals surface area contributed by atoms with Crippen molar-refractivity contribution in [2.75, 3.05) is 6.54 Å². The van der Waals surface area contributed by atoms with E-state index < -0.39 is 5.91 Å². The summed E-state index contributed by atoms with van der Waals surface area (Å²) in [5.74, 6) is -0.870. The Balaban J connectivity index is 2.25. The normalized spacial score (nSPS) is 9.86. The molecular weight excluding hydrogens is 270 g/mol. The highest BCUT2D eigenvalue weighted by Crippen LogP contribution is 2.24. The number of hydrogen-bond acceptors (Lipinski definition) is 4. The summed E-state index contributed by atoms with van der Waals surface area (Å²) in [4.78, 5) is 22.7. The van der Waals surface area contributed by atoms with Crippen LogP contribution in [0.25, 0.3) is 11.3 Å². The lowest BCUT2D eigenvalue weighted by atomic mass is 10.0. The van der Waals surface area contributed by atoms with E-state index in [0.717, 1.165) is 0 Å². The maximum Gasteiger partial charge on any atom is 0.255 e. The van der Waals surface area contributed by atoms with Crippen molar-refractivity contribution in [3.05, 3.63) is 41.6 Å². The monoisotopic (exact) mass is 283 g/mol. The Hall–Kier alpha value is -3.14. The van der Waals surface area contributed by atoms with Crippen LogP contribution in [0.15, 0.2) is 30.5 Å². The summed E-state index contributed by atoms with van der Waals surface area (Å²) >= 11 is 0. The summed E-state index contributed by atoms with van der Waals surface area (Å²) in [5, 5.41) is 18.3. The van der Waals surface area contributed by atoms with Gasteiger partial charge in [0, 0.05) is 18.5 Å². The van der Waals surface area contributed by atoms with Crippen LogP contribution < -0.4 is 11.1 Å². The highest BCUT2D eigenvalue weighted by Gasteiger charge is 2.17. The summed E-state index contributed by atoms with van der Waals surface area (Å²) in [6.07, 6.45) is 1.44. The first-order chi connectivity index (χ1) is 10.1. The summed E-state index contributed by atoms with van der Waals surface area (Å²) in [6.45, 7) is 0.151. The first-order valence-corrected chi connectivity index (χ1v) is 6.23. The van der Waals surface area contributed by atoms with Gasteiger partial charge in [0.1, 0.15) is 0 Å². The van der Waals surface area contributed by atoms with Crippen molar-refractivity contribution in [2.45, 2.75) is 6.42 Å². The molecule has 0 unspecified atom stereocenters. The highest BCUT2D eigenvalue weighted by atomic mass is 16.2. The second-order valence-electron chi connectivity index (χ2n) is 4.29. The van der Waals surface area contributed by atoms with E-state index in [1.807, 2.05) is 0 Å². The zero-order chi connectivity index (χ0) is 15.2. The van der Waals surface area contributed by atoms with E-state index in [2.05, 4.69) is 21.6 Å². The number of nitrogens with one attached hydrogen (secondary N) is 2. The number of aromatic amines is 1. The molecule has 0 spiro atoms. The molecule has 1 aromatic carbocycles. The van der Waals surface area contributed by atoms with Gasteiger partial charge in [-0.3, -0.25) is 14.7 Å². The molecule has 4 N–H and O–H groups in total. The summed E-state index contributed by atoms with van der Waals surface area (Å²) < 4.78 is 0. The van der Waals surface area contributed by atoms with Gasteiger partial charge in [0.25, 0.3) is 5.91 Å². The molecule has 0 aliphatic rings.